The predicted molar refractivity (Wildman–Crippen MR) is 84.7 cm³/mol. The van der Waals surface area contributed by atoms with Crippen LogP contribution in [0.25, 0.3) is 0 Å². The van der Waals surface area contributed by atoms with E-state index >= 15 is 0 Å². The lowest BCUT2D eigenvalue weighted by Crippen LogP contribution is -2.08. The van der Waals surface area contributed by atoms with E-state index in [2.05, 4.69) is 0 Å². The van der Waals surface area contributed by atoms with Crippen LogP contribution in [0.2, 0.25) is 5.02 Å². The van der Waals surface area contributed by atoms with Crippen molar-refractivity contribution in [2.24, 2.45) is 5.73 Å². The predicted octanol–water partition coefficient (Wildman–Crippen LogP) is 5.22. The van der Waals surface area contributed by atoms with Gasteiger partial charge in [0.15, 0.2) is 0 Å². The Kier molecular flexibility index (Phi) is 4.55. The molecule has 1 unspecified atom stereocenters. The summed E-state index contributed by atoms with van der Waals surface area (Å²) in [7, 11) is 0. The summed E-state index contributed by atoms with van der Waals surface area (Å²) in [5, 5.41) is 0.667. The van der Waals surface area contributed by atoms with Crippen LogP contribution in [0.1, 0.15) is 35.2 Å². The van der Waals surface area contributed by atoms with Crippen molar-refractivity contribution in [3.8, 4) is 11.5 Å². The van der Waals surface area contributed by atoms with E-state index in [0.29, 0.717) is 21.9 Å². The second kappa shape index (κ2) is 6.04. The highest BCUT2D eigenvalue weighted by Crippen LogP contribution is 2.35. The standard InChI is InChI=1S/C17H19ClFNO/c1-9-7-16(14(12(4)20)8-15(9)19)21-17-10(2)5-13(18)6-11(17)3/h5-8,12H,20H2,1-4H3. The Hall–Kier alpha value is -1.58. The van der Waals surface area contributed by atoms with E-state index in [1.807, 2.05) is 26.0 Å². The number of nitrogens with two attached hydrogens (primary N) is 1. The first kappa shape index (κ1) is 15.8. The van der Waals surface area contributed by atoms with Crippen LogP contribution in [0, 0.1) is 26.6 Å². The van der Waals surface area contributed by atoms with Crippen LogP contribution in [0.3, 0.4) is 0 Å². The Morgan fingerprint density at radius 1 is 1.05 bits per heavy atom. The molecule has 0 bridgehead atoms. The lowest BCUT2D eigenvalue weighted by molar-refractivity contribution is 0.461. The van der Waals surface area contributed by atoms with Gasteiger partial charge in [-0.3, -0.25) is 0 Å². The molecule has 4 heteroatoms. The summed E-state index contributed by atoms with van der Waals surface area (Å²) in [4.78, 5) is 0. The molecule has 0 saturated heterocycles. The number of rotatable bonds is 3. The second-order valence-electron chi connectivity index (χ2n) is 5.40. The van der Waals surface area contributed by atoms with Crippen molar-refractivity contribution in [1.29, 1.82) is 0 Å². The zero-order chi connectivity index (χ0) is 15.7. The van der Waals surface area contributed by atoms with Gasteiger partial charge in [0, 0.05) is 16.6 Å². The minimum Gasteiger partial charge on any atom is -0.456 e. The van der Waals surface area contributed by atoms with Crippen LogP contribution in [0.5, 0.6) is 11.5 Å². The first-order valence-corrected chi connectivity index (χ1v) is 7.17. The van der Waals surface area contributed by atoms with Gasteiger partial charge in [0.25, 0.3) is 0 Å². The van der Waals surface area contributed by atoms with Gasteiger partial charge < -0.3 is 10.5 Å². The average molecular weight is 308 g/mol. The number of ether oxygens (including phenoxy) is 1. The molecular formula is C17H19ClFNO. The Morgan fingerprint density at radius 3 is 2.14 bits per heavy atom. The summed E-state index contributed by atoms with van der Waals surface area (Å²) < 4.78 is 19.8. The Labute approximate surface area is 129 Å². The number of benzene rings is 2. The summed E-state index contributed by atoms with van der Waals surface area (Å²) in [5.41, 5.74) is 8.95. The van der Waals surface area contributed by atoms with Gasteiger partial charge in [-0.15, -0.1) is 0 Å². The Balaban J connectivity index is 2.51. The van der Waals surface area contributed by atoms with Crippen molar-refractivity contribution >= 4 is 11.6 Å². The third-order valence-electron chi connectivity index (χ3n) is 3.42. The fourth-order valence-corrected chi connectivity index (χ4v) is 2.61. The van der Waals surface area contributed by atoms with Crippen LogP contribution >= 0.6 is 11.6 Å². The lowest BCUT2D eigenvalue weighted by Gasteiger charge is -2.18. The number of halogens is 2. The van der Waals surface area contributed by atoms with Crippen molar-refractivity contribution < 1.29 is 9.13 Å². The minimum atomic E-state index is -0.317. The molecule has 2 N–H and O–H groups in total. The molecule has 0 saturated carbocycles. The molecule has 112 valence electrons. The van der Waals surface area contributed by atoms with Gasteiger partial charge in [0.1, 0.15) is 17.3 Å². The topological polar surface area (TPSA) is 35.2 Å². The van der Waals surface area contributed by atoms with Crippen molar-refractivity contribution in [2.75, 3.05) is 0 Å². The summed E-state index contributed by atoms with van der Waals surface area (Å²) in [6.07, 6.45) is 0. The molecule has 2 nitrogen and oxygen atoms in total. The first-order chi connectivity index (χ1) is 9.79. The summed E-state index contributed by atoms with van der Waals surface area (Å²) in [6, 6.07) is 6.48. The van der Waals surface area contributed by atoms with Crippen LogP contribution in [0.4, 0.5) is 4.39 Å². The third-order valence-corrected chi connectivity index (χ3v) is 3.64. The second-order valence-corrected chi connectivity index (χ2v) is 5.84. The van der Waals surface area contributed by atoms with Gasteiger partial charge >= 0.3 is 0 Å². The lowest BCUT2D eigenvalue weighted by atomic mass is 10.0. The zero-order valence-corrected chi connectivity index (χ0v) is 13.4. The van der Waals surface area contributed by atoms with E-state index in [4.69, 9.17) is 22.1 Å². The van der Waals surface area contributed by atoms with Gasteiger partial charge in [-0.05, 0) is 68.7 Å². The molecule has 0 heterocycles. The van der Waals surface area contributed by atoms with E-state index < -0.39 is 0 Å². The van der Waals surface area contributed by atoms with Crippen LogP contribution in [-0.2, 0) is 0 Å². The van der Waals surface area contributed by atoms with Crippen molar-refractivity contribution in [2.45, 2.75) is 33.7 Å². The molecule has 2 aromatic rings. The quantitative estimate of drug-likeness (QED) is 0.844. The maximum absolute atomic E-state index is 13.7. The van der Waals surface area contributed by atoms with Gasteiger partial charge in [0.05, 0.1) is 0 Å². The Morgan fingerprint density at radius 2 is 1.62 bits per heavy atom. The first-order valence-electron chi connectivity index (χ1n) is 6.79. The molecule has 0 radical (unpaired) electrons. The van der Waals surface area contributed by atoms with E-state index in [0.717, 1.165) is 16.9 Å². The van der Waals surface area contributed by atoms with E-state index in [-0.39, 0.29) is 11.9 Å². The molecule has 2 rings (SSSR count). The number of hydrogen-bond donors (Lipinski definition) is 1. The normalized spacial score (nSPS) is 12.3. The molecule has 1 atom stereocenters. The summed E-state index contributed by atoms with van der Waals surface area (Å²) >= 11 is 6.03. The maximum atomic E-state index is 13.7. The molecule has 0 aliphatic rings. The molecule has 0 aliphatic heterocycles. The average Bonchev–Trinajstić information content (AvgIpc) is 2.37. The third kappa shape index (κ3) is 3.36. The van der Waals surface area contributed by atoms with Gasteiger partial charge in [-0.25, -0.2) is 4.39 Å². The summed E-state index contributed by atoms with van der Waals surface area (Å²) in [5.74, 6) is 1.03. The molecular weight excluding hydrogens is 289 g/mol. The molecule has 0 fully saturated rings. The fraction of sp³-hybridized carbons (Fsp3) is 0.294. The summed E-state index contributed by atoms with van der Waals surface area (Å²) in [6.45, 7) is 7.36. The molecule has 2 aromatic carbocycles. The van der Waals surface area contributed by atoms with Gasteiger partial charge in [0.2, 0.25) is 0 Å². The van der Waals surface area contributed by atoms with Crippen molar-refractivity contribution in [1.82, 2.24) is 0 Å². The molecule has 0 aliphatic carbocycles. The van der Waals surface area contributed by atoms with E-state index in [1.165, 1.54) is 6.07 Å². The smallest absolute Gasteiger partial charge is 0.133 e. The highest BCUT2D eigenvalue weighted by molar-refractivity contribution is 6.30. The Bertz CT molecular complexity index is 660. The fourth-order valence-electron chi connectivity index (χ4n) is 2.28. The van der Waals surface area contributed by atoms with Crippen molar-refractivity contribution in [3.63, 3.8) is 0 Å². The highest BCUT2D eigenvalue weighted by Gasteiger charge is 2.15. The molecule has 0 aromatic heterocycles. The van der Waals surface area contributed by atoms with Gasteiger partial charge in [-0.1, -0.05) is 11.6 Å². The molecule has 0 spiro atoms. The molecule has 0 amide bonds. The minimum absolute atomic E-state index is 0.279. The monoisotopic (exact) mass is 307 g/mol. The number of hydrogen-bond acceptors (Lipinski definition) is 2. The number of aryl methyl sites for hydroxylation is 3. The van der Waals surface area contributed by atoms with Crippen LogP contribution < -0.4 is 10.5 Å². The van der Waals surface area contributed by atoms with Crippen LogP contribution in [-0.4, -0.2) is 0 Å². The van der Waals surface area contributed by atoms with E-state index in [1.54, 1.807) is 19.9 Å². The van der Waals surface area contributed by atoms with Gasteiger partial charge in [-0.2, -0.15) is 0 Å². The SMILES string of the molecule is Cc1cc(Oc2c(C)cc(Cl)cc2C)c(C(C)N)cc1F. The zero-order valence-electron chi connectivity index (χ0n) is 12.6. The van der Waals surface area contributed by atoms with E-state index in [9.17, 15) is 4.39 Å². The largest absolute Gasteiger partial charge is 0.456 e. The van der Waals surface area contributed by atoms with Crippen molar-refractivity contribution in [3.05, 3.63) is 57.4 Å². The maximum Gasteiger partial charge on any atom is 0.133 e. The molecule has 21 heavy (non-hydrogen) atoms. The highest BCUT2D eigenvalue weighted by atomic mass is 35.5. The van der Waals surface area contributed by atoms with Crippen LogP contribution in [0.15, 0.2) is 24.3 Å².